The van der Waals surface area contributed by atoms with Crippen molar-refractivity contribution in [2.75, 3.05) is 12.4 Å². The summed E-state index contributed by atoms with van der Waals surface area (Å²) in [5, 5.41) is 1.51. The van der Waals surface area contributed by atoms with Gasteiger partial charge in [0.2, 0.25) is 0 Å². The molecule has 2 heterocycles. The summed E-state index contributed by atoms with van der Waals surface area (Å²) in [6.45, 7) is 6.71. The smallest absolute Gasteiger partial charge is 0.347 e. The van der Waals surface area contributed by atoms with Gasteiger partial charge in [0.1, 0.15) is 17.7 Å². The molecular formula is C22H23N2O3S2+. The molecule has 5 nitrogen and oxygen atoms in total. The van der Waals surface area contributed by atoms with Crippen LogP contribution in [0.25, 0.3) is 10.2 Å². The number of H-pyrrole nitrogens is 1. The zero-order valence-electron chi connectivity index (χ0n) is 16.3. The van der Waals surface area contributed by atoms with Crippen LogP contribution in [0.3, 0.4) is 0 Å². The summed E-state index contributed by atoms with van der Waals surface area (Å²) in [7, 11) is 0. The van der Waals surface area contributed by atoms with E-state index in [4.69, 9.17) is 4.74 Å². The largest absolute Gasteiger partial charge is 0.494 e. The average molecular weight is 428 g/mol. The second-order valence-electron chi connectivity index (χ2n) is 6.87. The molecule has 1 aromatic carbocycles. The number of carbonyl (C=O) groups excluding carboxylic acids is 1. The number of ether oxygens (including phenoxy) is 1. The molecule has 0 saturated carbocycles. The lowest BCUT2D eigenvalue weighted by molar-refractivity contribution is -0.404. The highest BCUT2D eigenvalue weighted by molar-refractivity contribution is 7.99. The number of nitrogens with zero attached hydrogens (tertiary/aromatic N) is 1. The number of fused-ring (bicyclic) bond motifs is 3. The van der Waals surface area contributed by atoms with E-state index in [-0.39, 0.29) is 17.1 Å². The first-order valence-corrected chi connectivity index (χ1v) is 11.5. The van der Waals surface area contributed by atoms with Gasteiger partial charge in [0.25, 0.3) is 0 Å². The summed E-state index contributed by atoms with van der Waals surface area (Å²) in [4.78, 5) is 31.4. The minimum Gasteiger partial charge on any atom is -0.494 e. The van der Waals surface area contributed by atoms with Crippen LogP contribution in [-0.2, 0) is 19.4 Å². The normalized spacial score (nSPS) is 12.9. The molecule has 2 aromatic heterocycles. The van der Waals surface area contributed by atoms with Gasteiger partial charge in [0.05, 0.1) is 12.4 Å². The molecule has 0 saturated heterocycles. The molecule has 0 amide bonds. The number of aromatic nitrogens is 2. The Morgan fingerprint density at radius 3 is 2.86 bits per heavy atom. The van der Waals surface area contributed by atoms with Crippen LogP contribution in [0.1, 0.15) is 34.1 Å². The first-order chi connectivity index (χ1) is 14.1. The lowest BCUT2D eigenvalue weighted by Crippen LogP contribution is -2.29. The van der Waals surface area contributed by atoms with Crippen molar-refractivity contribution in [2.24, 2.45) is 0 Å². The fourth-order valence-corrected chi connectivity index (χ4v) is 5.91. The zero-order chi connectivity index (χ0) is 20.4. The van der Waals surface area contributed by atoms with E-state index in [1.54, 1.807) is 46.2 Å². The summed E-state index contributed by atoms with van der Waals surface area (Å²) in [6.07, 6.45) is 4.84. The summed E-state index contributed by atoms with van der Waals surface area (Å²) in [5.41, 5.74) is 1.84. The Morgan fingerprint density at radius 2 is 2.14 bits per heavy atom. The van der Waals surface area contributed by atoms with Gasteiger partial charge < -0.3 is 4.74 Å². The number of nitrogens with one attached hydrogen (secondary N) is 1. The number of carbonyl (C=O) groups is 1. The van der Waals surface area contributed by atoms with Crippen molar-refractivity contribution in [2.45, 2.75) is 37.9 Å². The average Bonchev–Trinajstić information content (AvgIpc) is 3.30. The highest BCUT2D eigenvalue weighted by Gasteiger charge is 2.27. The van der Waals surface area contributed by atoms with Gasteiger partial charge in [0, 0.05) is 10.4 Å². The van der Waals surface area contributed by atoms with E-state index in [1.807, 2.05) is 6.92 Å². The Kier molecular flexibility index (Phi) is 5.87. The maximum atomic E-state index is 13.2. The minimum atomic E-state index is 0.00839. The number of thioether (sulfide) groups is 1. The van der Waals surface area contributed by atoms with Crippen LogP contribution in [0.2, 0.25) is 0 Å². The lowest BCUT2D eigenvalue weighted by atomic mass is 10.1. The third kappa shape index (κ3) is 3.89. The van der Waals surface area contributed by atoms with E-state index in [2.05, 4.69) is 11.6 Å². The summed E-state index contributed by atoms with van der Waals surface area (Å²) in [6, 6.07) is 7.17. The first-order valence-electron chi connectivity index (χ1n) is 9.72. The van der Waals surface area contributed by atoms with Crippen molar-refractivity contribution in [1.29, 1.82) is 0 Å². The van der Waals surface area contributed by atoms with Gasteiger partial charge in [0.15, 0.2) is 10.6 Å². The number of hydrogen-bond donors (Lipinski definition) is 0. The topological polar surface area (TPSA) is 62.4 Å². The molecule has 0 aliphatic heterocycles. The van der Waals surface area contributed by atoms with Gasteiger partial charge in [-0.25, -0.2) is 9.78 Å². The summed E-state index contributed by atoms with van der Waals surface area (Å²) < 4.78 is 7.12. The Bertz CT molecular complexity index is 1130. The highest BCUT2D eigenvalue weighted by Crippen LogP contribution is 2.34. The number of allylic oxidation sites excluding steroid dienone is 1. The molecule has 1 aliphatic rings. The third-order valence-corrected chi connectivity index (χ3v) is 7.19. The van der Waals surface area contributed by atoms with Crippen molar-refractivity contribution >= 4 is 39.1 Å². The van der Waals surface area contributed by atoms with E-state index < -0.39 is 0 Å². The number of rotatable bonds is 8. The van der Waals surface area contributed by atoms with E-state index in [9.17, 15) is 9.59 Å². The van der Waals surface area contributed by atoms with Crippen molar-refractivity contribution < 1.29 is 14.5 Å². The number of ketones is 1. The number of Topliss-reactive ketones (excluding diaryl/α,β-unsaturated/α-hetero) is 1. The fourth-order valence-electron chi connectivity index (χ4n) is 3.64. The number of benzene rings is 1. The highest BCUT2D eigenvalue weighted by atomic mass is 32.2. The number of hydrogen-bond acceptors (Lipinski definition) is 5. The second kappa shape index (κ2) is 8.55. The molecule has 3 aromatic rings. The molecule has 0 unspecified atom stereocenters. The standard InChI is InChI=1S/C22H22N2O3S2/c1-3-12-24-21(26)19-16-6-5-7-18(16)29-20(19)23-22(24)28-13-17(25)14-8-10-15(11-9-14)27-4-2/h3,8-11H,1,4-7,12-13H2,2H3/p+1. The minimum absolute atomic E-state index is 0.00839. The number of aryl methyl sites for hydroxylation is 2. The van der Waals surface area contributed by atoms with E-state index in [0.29, 0.717) is 23.9 Å². The maximum Gasteiger partial charge on any atom is 0.347 e. The maximum absolute atomic E-state index is 13.2. The van der Waals surface area contributed by atoms with Gasteiger partial charge in [-0.1, -0.05) is 24.0 Å². The van der Waals surface area contributed by atoms with Crippen molar-refractivity contribution in [3.63, 3.8) is 0 Å². The van der Waals surface area contributed by atoms with Crippen LogP contribution >= 0.6 is 23.1 Å². The van der Waals surface area contributed by atoms with Crippen LogP contribution < -0.4 is 15.3 Å². The van der Waals surface area contributed by atoms with E-state index >= 15 is 0 Å². The molecule has 1 aliphatic carbocycles. The molecule has 4 rings (SSSR count). The van der Waals surface area contributed by atoms with Gasteiger partial charge in [-0.2, -0.15) is 4.57 Å². The second-order valence-corrected chi connectivity index (χ2v) is 8.93. The van der Waals surface area contributed by atoms with Gasteiger partial charge in [-0.3, -0.25) is 4.79 Å². The zero-order valence-corrected chi connectivity index (χ0v) is 18.0. The third-order valence-electron chi connectivity index (χ3n) is 4.98. The summed E-state index contributed by atoms with van der Waals surface area (Å²) in [5.74, 6) is 1.01. The van der Waals surface area contributed by atoms with Gasteiger partial charge in [-0.05, 0) is 67.8 Å². The number of thiophene rings is 1. The van der Waals surface area contributed by atoms with Crippen LogP contribution in [0, 0.1) is 0 Å². The monoisotopic (exact) mass is 427 g/mol. The first kappa shape index (κ1) is 19.9. The Morgan fingerprint density at radius 1 is 1.34 bits per heavy atom. The van der Waals surface area contributed by atoms with Crippen molar-refractivity contribution in [3.05, 3.63) is 63.3 Å². The van der Waals surface area contributed by atoms with E-state index in [0.717, 1.165) is 35.2 Å². The van der Waals surface area contributed by atoms with E-state index in [1.165, 1.54) is 22.2 Å². The van der Waals surface area contributed by atoms with Crippen molar-refractivity contribution in [3.8, 4) is 5.75 Å². The lowest BCUT2D eigenvalue weighted by Gasteiger charge is -2.05. The van der Waals surface area contributed by atoms with Crippen LogP contribution in [-0.4, -0.2) is 22.7 Å². The molecule has 0 bridgehead atoms. The van der Waals surface area contributed by atoms with Gasteiger partial charge in [-0.15, -0.1) is 0 Å². The quantitative estimate of drug-likeness (QED) is 0.237. The molecule has 150 valence electrons. The molecule has 0 fully saturated rings. The molecule has 0 radical (unpaired) electrons. The summed E-state index contributed by atoms with van der Waals surface area (Å²) >= 11 is 3.03. The van der Waals surface area contributed by atoms with Gasteiger partial charge >= 0.3 is 10.7 Å². The SMILES string of the molecule is C=CCn1c(SCC(=O)c2ccc(OCC)cc2)[nH+]c2sc3c(c2c1=O)CCC3. The van der Waals surface area contributed by atoms with Crippen LogP contribution in [0.5, 0.6) is 5.75 Å². The van der Waals surface area contributed by atoms with Crippen LogP contribution in [0.4, 0.5) is 0 Å². The number of aromatic amines is 1. The van der Waals surface area contributed by atoms with Crippen molar-refractivity contribution in [1.82, 2.24) is 4.57 Å². The molecule has 29 heavy (non-hydrogen) atoms. The Labute approximate surface area is 177 Å². The predicted octanol–water partition coefficient (Wildman–Crippen LogP) is 3.93. The predicted molar refractivity (Wildman–Crippen MR) is 118 cm³/mol. The molecule has 0 atom stereocenters. The molecule has 7 heteroatoms. The Hall–Kier alpha value is -2.38. The van der Waals surface area contributed by atoms with Crippen LogP contribution in [0.15, 0.2) is 46.9 Å². The molecule has 0 spiro atoms. The molecular weight excluding hydrogens is 404 g/mol. The molecule has 1 N–H and O–H groups in total. The Balaban J connectivity index is 1.60. The fraction of sp³-hybridized carbons (Fsp3) is 0.318.